The van der Waals surface area contributed by atoms with Gasteiger partial charge in [0.05, 0.1) is 12.1 Å². The molecule has 0 spiro atoms. The zero-order valence-corrected chi connectivity index (χ0v) is 21.0. The number of pyridine rings is 1. The minimum Gasteiger partial charge on any atom is -0.477 e. The van der Waals surface area contributed by atoms with Gasteiger partial charge in [-0.2, -0.15) is 0 Å². The number of carbonyl (C=O) groups is 2. The van der Waals surface area contributed by atoms with Crippen LogP contribution >= 0.6 is 0 Å². The largest absolute Gasteiger partial charge is 0.477 e. The number of aromatic nitrogens is 1. The molecule has 9 heteroatoms. The molecular weight excluding hydrogens is 411 g/mol. The average molecular weight is 439 g/mol. The fraction of sp³-hybridized carbons (Fsp3) is 0.500. The summed E-state index contributed by atoms with van der Waals surface area (Å²) < 4.78 is 12.8. The Labute approximate surface area is 203 Å². The van der Waals surface area contributed by atoms with Gasteiger partial charge in [0.1, 0.15) is 16.9 Å². The third kappa shape index (κ3) is 5.68. The van der Waals surface area contributed by atoms with Gasteiger partial charge in [0, 0.05) is 53.2 Å². The molecule has 0 bridgehead atoms. The van der Waals surface area contributed by atoms with Crippen LogP contribution in [0.3, 0.4) is 0 Å². The van der Waals surface area contributed by atoms with Crippen molar-refractivity contribution >= 4 is 52.5 Å². The molecule has 2 aromatic rings. The average Bonchev–Trinajstić information content (AvgIpc) is 2.61. The molecule has 0 aliphatic carbocycles. The summed E-state index contributed by atoms with van der Waals surface area (Å²) in [6.45, 7) is 9.83. The number of nitrogens with zero attached hydrogens (tertiary/aromatic N) is 1. The van der Waals surface area contributed by atoms with Crippen molar-refractivity contribution in [1.82, 2.24) is 9.88 Å². The van der Waals surface area contributed by atoms with Gasteiger partial charge in [0.2, 0.25) is 5.43 Å². The van der Waals surface area contributed by atoms with Crippen LogP contribution in [0.25, 0.3) is 10.9 Å². The van der Waals surface area contributed by atoms with E-state index in [0.717, 1.165) is 11.1 Å². The minimum absolute atomic E-state index is 0. The predicted octanol–water partition coefficient (Wildman–Crippen LogP) is 3.00. The van der Waals surface area contributed by atoms with Crippen molar-refractivity contribution in [1.29, 1.82) is 0 Å². The Kier molecular flexibility index (Phi) is 7.63. The molecule has 1 radical (unpaired) electrons. The topological polar surface area (TPSA) is 107 Å². The second-order valence-corrected chi connectivity index (χ2v) is 8.97. The first-order valence-corrected chi connectivity index (χ1v) is 9.95. The van der Waals surface area contributed by atoms with E-state index in [1.807, 2.05) is 19.9 Å². The molecule has 1 aliphatic heterocycles. The van der Waals surface area contributed by atoms with E-state index >= 15 is 0 Å². The molecule has 31 heavy (non-hydrogen) atoms. The van der Waals surface area contributed by atoms with Gasteiger partial charge in [0.15, 0.2) is 0 Å². The maximum atomic E-state index is 12.8. The van der Waals surface area contributed by atoms with Gasteiger partial charge in [-0.25, -0.2) is 9.59 Å². The number of amides is 1. The number of carbonyl (C=O) groups excluding carboxylic acids is 1. The van der Waals surface area contributed by atoms with Gasteiger partial charge in [-0.1, -0.05) is 6.07 Å². The molecule has 0 atom stereocenters. The Balaban J connectivity index is 0.00000341. The smallest absolute Gasteiger partial charge is 0.407 e. The second kappa shape index (κ2) is 9.32. The third-order valence-electron chi connectivity index (χ3n) is 4.94. The Morgan fingerprint density at radius 2 is 1.97 bits per heavy atom. The zero-order chi connectivity index (χ0) is 22.3. The van der Waals surface area contributed by atoms with Gasteiger partial charge >= 0.3 is 12.1 Å². The Hall–Kier alpha value is -1.87. The van der Waals surface area contributed by atoms with Crippen LogP contribution in [0.4, 0.5) is 4.79 Å². The number of aromatic carboxylic acids is 1. The predicted molar refractivity (Wildman–Crippen MR) is 118 cm³/mol. The first-order valence-electron chi connectivity index (χ1n) is 9.95. The van der Waals surface area contributed by atoms with E-state index in [-0.39, 0.29) is 35.1 Å². The molecule has 0 saturated heterocycles. The maximum absolute atomic E-state index is 12.8. The Bertz CT molecular complexity index is 1070. The molecule has 3 rings (SSSR count). The number of hydrogen-bond acceptors (Lipinski definition) is 5. The standard InChI is InChI=1S/C22H28N2O6.Na/c1-21(2,3)30-20(28)23-8-6-7-13-9-14-12-29-22(4,5)24-11-16(19(26)27)18(25)15(10-13)17(14)24;/h9-11H,6-8,12H2,1-5H3,(H,23,28)(H,26,27);. The molecule has 0 unspecified atom stereocenters. The first-order chi connectivity index (χ1) is 13.9. The van der Waals surface area contributed by atoms with Crippen LogP contribution in [0.15, 0.2) is 23.1 Å². The van der Waals surface area contributed by atoms with Gasteiger partial charge in [-0.3, -0.25) is 4.79 Å². The SMILES string of the molecule is CC(C)(C)OC(=O)NCCCc1cc2c3c(c1)c(=O)c(C(=O)O)cn3C(C)(C)OC2.[Na]. The van der Waals surface area contributed by atoms with Crippen molar-refractivity contribution in [2.24, 2.45) is 0 Å². The van der Waals surface area contributed by atoms with E-state index in [0.29, 0.717) is 36.9 Å². The molecule has 2 N–H and O–H groups in total. The normalized spacial score (nSPS) is 14.6. The van der Waals surface area contributed by atoms with E-state index in [9.17, 15) is 19.5 Å². The fourth-order valence-corrected chi connectivity index (χ4v) is 3.57. The van der Waals surface area contributed by atoms with Crippen LogP contribution in [-0.4, -0.2) is 63.4 Å². The first kappa shape index (κ1) is 25.4. The quantitative estimate of drug-likeness (QED) is 0.548. The van der Waals surface area contributed by atoms with Crippen molar-refractivity contribution in [3.8, 4) is 0 Å². The molecule has 2 heterocycles. The van der Waals surface area contributed by atoms with Gasteiger partial charge in [-0.15, -0.1) is 0 Å². The summed E-state index contributed by atoms with van der Waals surface area (Å²) in [7, 11) is 0. The molecule has 1 aromatic heterocycles. The van der Waals surface area contributed by atoms with Crippen molar-refractivity contribution in [2.75, 3.05) is 6.54 Å². The summed E-state index contributed by atoms with van der Waals surface area (Å²) in [5.74, 6) is -1.26. The molecule has 1 aromatic carbocycles. The van der Waals surface area contributed by atoms with Crippen molar-refractivity contribution < 1.29 is 24.2 Å². The maximum Gasteiger partial charge on any atom is 0.407 e. The number of nitrogens with one attached hydrogen (secondary N) is 1. The number of benzene rings is 1. The van der Waals surface area contributed by atoms with E-state index in [4.69, 9.17) is 9.47 Å². The minimum atomic E-state index is -1.26. The summed E-state index contributed by atoms with van der Waals surface area (Å²) in [6, 6.07) is 3.72. The summed E-state index contributed by atoms with van der Waals surface area (Å²) >= 11 is 0. The number of carboxylic acids is 1. The van der Waals surface area contributed by atoms with Crippen LogP contribution in [0, 0.1) is 0 Å². The number of carboxylic acid groups (broad SMARTS) is 1. The molecule has 163 valence electrons. The molecule has 1 aliphatic rings. The van der Waals surface area contributed by atoms with Crippen molar-refractivity contribution in [2.45, 2.75) is 65.4 Å². The molecule has 8 nitrogen and oxygen atoms in total. The molecule has 0 fully saturated rings. The van der Waals surface area contributed by atoms with Gasteiger partial charge in [-0.05, 0) is 59.1 Å². The summed E-state index contributed by atoms with van der Waals surface area (Å²) in [5.41, 5.74) is 0.339. The van der Waals surface area contributed by atoms with E-state index in [1.165, 1.54) is 6.20 Å². The number of rotatable bonds is 5. The zero-order valence-electron chi connectivity index (χ0n) is 19.0. The Morgan fingerprint density at radius 1 is 1.29 bits per heavy atom. The van der Waals surface area contributed by atoms with Crippen LogP contribution in [0.2, 0.25) is 0 Å². The summed E-state index contributed by atoms with van der Waals surface area (Å²) in [5, 5.41) is 12.6. The number of aryl methyl sites for hydroxylation is 1. The van der Waals surface area contributed by atoms with E-state index in [2.05, 4.69) is 5.32 Å². The summed E-state index contributed by atoms with van der Waals surface area (Å²) in [6.07, 6.45) is 2.14. The second-order valence-electron chi connectivity index (χ2n) is 8.97. The number of hydrogen-bond donors (Lipinski definition) is 2. The van der Waals surface area contributed by atoms with Gasteiger partial charge < -0.3 is 24.5 Å². The fourth-order valence-electron chi connectivity index (χ4n) is 3.57. The van der Waals surface area contributed by atoms with E-state index in [1.54, 1.807) is 31.4 Å². The Morgan fingerprint density at radius 3 is 2.58 bits per heavy atom. The molecule has 0 saturated carbocycles. The number of alkyl carbamates (subject to hydrolysis) is 1. The van der Waals surface area contributed by atoms with Crippen LogP contribution in [-0.2, 0) is 28.2 Å². The summed E-state index contributed by atoms with van der Waals surface area (Å²) in [4.78, 5) is 36.2. The van der Waals surface area contributed by atoms with Crippen LogP contribution in [0.5, 0.6) is 0 Å². The third-order valence-corrected chi connectivity index (χ3v) is 4.94. The number of ether oxygens (including phenoxy) is 2. The molecular formula is C22H28N2NaO6. The van der Waals surface area contributed by atoms with Crippen LogP contribution < -0.4 is 10.7 Å². The monoisotopic (exact) mass is 439 g/mol. The molecule has 1 amide bonds. The van der Waals surface area contributed by atoms with Gasteiger partial charge in [0.25, 0.3) is 0 Å². The van der Waals surface area contributed by atoms with Crippen molar-refractivity contribution in [3.05, 3.63) is 45.2 Å². The van der Waals surface area contributed by atoms with Crippen molar-refractivity contribution in [3.63, 3.8) is 0 Å². The van der Waals surface area contributed by atoms with Crippen LogP contribution in [0.1, 0.15) is 62.5 Å². The van der Waals surface area contributed by atoms with E-state index < -0.39 is 28.8 Å².